The Bertz CT molecular complexity index is 1190. The van der Waals surface area contributed by atoms with Crippen molar-refractivity contribution in [3.05, 3.63) is 95.1 Å². The van der Waals surface area contributed by atoms with Gasteiger partial charge in [-0.1, -0.05) is 71.8 Å². The summed E-state index contributed by atoms with van der Waals surface area (Å²) in [6.45, 7) is 6.92. The summed E-state index contributed by atoms with van der Waals surface area (Å²) in [6, 6.07) is 22.7. The fourth-order valence-corrected chi connectivity index (χ4v) is 4.23. The third kappa shape index (κ3) is 6.44. The van der Waals surface area contributed by atoms with Crippen LogP contribution in [0.25, 0.3) is 11.1 Å². The van der Waals surface area contributed by atoms with Crippen LogP contribution < -0.4 is 0 Å². The zero-order valence-electron chi connectivity index (χ0n) is 21.0. The van der Waals surface area contributed by atoms with E-state index >= 15 is 0 Å². The molecule has 3 aromatic rings. The van der Waals surface area contributed by atoms with Crippen LogP contribution in [-0.4, -0.2) is 40.8 Å². The van der Waals surface area contributed by atoms with Gasteiger partial charge in [0.05, 0.1) is 11.5 Å². The van der Waals surface area contributed by atoms with Crippen molar-refractivity contribution in [2.45, 2.75) is 46.6 Å². The number of carboxylic acid groups (broad SMARTS) is 1. The molecule has 0 aliphatic heterocycles. The molecule has 0 aliphatic carbocycles. The van der Waals surface area contributed by atoms with Gasteiger partial charge in [-0.2, -0.15) is 0 Å². The minimum absolute atomic E-state index is 0.167. The molecule has 0 fully saturated rings. The highest BCUT2D eigenvalue weighted by Gasteiger charge is 2.36. The molecule has 0 aromatic heterocycles. The summed E-state index contributed by atoms with van der Waals surface area (Å²) in [7, 11) is 1.62. The normalized spacial score (nSPS) is 12.1. The van der Waals surface area contributed by atoms with Gasteiger partial charge in [-0.15, -0.1) is 0 Å². The van der Waals surface area contributed by atoms with E-state index in [1.54, 1.807) is 7.05 Å². The molecule has 5 heteroatoms. The van der Waals surface area contributed by atoms with E-state index < -0.39 is 17.4 Å². The molecule has 5 nitrogen and oxygen atoms in total. The van der Waals surface area contributed by atoms with E-state index in [2.05, 4.69) is 0 Å². The predicted molar refractivity (Wildman–Crippen MR) is 138 cm³/mol. The Morgan fingerprint density at radius 2 is 1.40 bits per heavy atom. The van der Waals surface area contributed by atoms with Crippen LogP contribution in [-0.2, 0) is 16.0 Å². The lowest BCUT2D eigenvalue weighted by Gasteiger charge is -2.30. The minimum Gasteiger partial charge on any atom is -0.481 e. The van der Waals surface area contributed by atoms with Crippen LogP contribution in [0.2, 0.25) is 0 Å². The molecular formula is C30H33NO4. The van der Waals surface area contributed by atoms with Gasteiger partial charge in [0.1, 0.15) is 0 Å². The molecule has 0 bridgehead atoms. The lowest BCUT2D eigenvalue weighted by Crippen LogP contribution is -2.45. The van der Waals surface area contributed by atoms with Crippen LogP contribution in [0.15, 0.2) is 72.8 Å². The molecule has 3 rings (SSSR count). The molecule has 0 spiro atoms. The third-order valence-corrected chi connectivity index (χ3v) is 6.31. The third-order valence-electron chi connectivity index (χ3n) is 6.31. The number of amides is 1. The molecule has 0 saturated heterocycles. The van der Waals surface area contributed by atoms with Crippen molar-refractivity contribution in [1.82, 2.24) is 4.90 Å². The summed E-state index contributed by atoms with van der Waals surface area (Å²) in [5.41, 5.74) is 4.27. The topological polar surface area (TPSA) is 74.7 Å². The number of carbonyl (C=O) groups is 3. The zero-order chi connectivity index (χ0) is 25.8. The fraction of sp³-hybridized carbons (Fsp3) is 0.300. The highest BCUT2D eigenvalue weighted by atomic mass is 16.4. The monoisotopic (exact) mass is 471 g/mol. The molecule has 0 saturated carbocycles. The number of benzene rings is 3. The van der Waals surface area contributed by atoms with Gasteiger partial charge in [0, 0.05) is 19.0 Å². The Kier molecular flexibility index (Phi) is 7.90. The average Bonchev–Trinajstić information content (AvgIpc) is 2.81. The Morgan fingerprint density at radius 3 is 1.94 bits per heavy atom. The number of hydrogen-bond acceptors (Lipinski definition) is 3. The SMILES string of the molecule is Cc1cc(C)cc(C(=O)N(C)C(Cc2ccc(-c3ccccc3)cc2)C(=O)CC(C)(C)C(=O)O)c1. The minimum atomic E-state index is -1.23. The van der Waals surface area contributed by atoms with Crippen molar-refractivity contribution in [2.75, 3.05) is 7.05 Å². The molecule has 3 aromatic carbocycles. The largest absolute Gasteiger partial charge is 0.481 e. The lowest BCUT2D eigenvalue weighted by molar-refractivity contribution is -0.149. The number of carboxylic acids is 1. The first kappa shape index (κ1) is 25.9. The van der Waals surface area contributed by atoms with Crippen LogP contribution >= 0.6 is 0 Å². The van der Waals surface area contributed by atoms with Crippen molar-refractivity contribution >= 4 is 17.7 Å². The number of aryl methyl sites for hydroxylation is 2. The maximum atomic E-state index is 13.4. The number of ketones is 1. The second-order valence-electron chi connectivity index (χ2n) is 9.91. The summed E-state index contributed by atoms with van der Waals surface area (Å²) in [4.78, 5) is 39.9. The Balaban J connectivity index is 1.90. The summed E-state index contributed by atoms with van der Waals surface area (Å²) in [5, 5.41) is 9.55. The van der Waals surface area contributed by atoms with Crippen LogP contribution in [0, 0.1) is 19.3 Å². The van der Waals surface area contributed by atoms with E-state index in [0.717, 1.165) is 27.8 Å². The number of rotatable bonds is 9. The van der Waals surface area contributed by atoms with Crippen LogP contribution in [0.5, 0.6) is 0 Å². The van der Waals surface area contributed by atoms with Gasteiger partial charge in [-0.05, 0) is 62.9 Å². The second kappa shape index (κ2) is 10.7. The standard InChI is InChI=1S/C30H33NO4/c1-20-15-21(2)17-25(16-20)28(33)31(5)26(27(32)19-30(3,4)29(34)35)18-22-11-13-24(14-12-22)23-9-7-6-8-10-23/h6-17,26H,18-19H2,1-5H3,(H,34,35). The number of Topliss-reactive ketones (excluding diaryl/α,β-unsaturated/α-hetero) is 1. The molecule has 1 atom stereocenters. The summed E-state index contributed by atoms with van der Waals surface area (Å²) >= 11 is 0. The maximum absolute atomic E-state index is 13.4. The predicted octanol–water partition coefficient (Wildman–Crippen LogP) is 5.72. The van der Waals surface area contributed by atoms with Crippen molar-refractivity contribution in [2.24, 2.45) is 5.41 Å². The lowest BCUT2D eigenvalue weighted by atomic mass is 9.84. The maximum Gasteiger partial charge on any atom is 0.309 e. The van der Waals surface area contributed by atoms with E-state index in [4.69, 9.17) is 0 Å². The van der Waals surface area contributed by atoms with Gasteiger partial charge in [-0.3, -0.25) is 14.4 Å². The summed E-state index contributed by atoms with van der Waals surface area (Å²) in [6.07, 6.45) is 0.135. The highest BCUT2D eigenvalue weighted by molar-refractivity contribution is 5.99. The van der Waals surface area contributed by atoms with Crippen molar-refractivity contribution < 1.29 is 19.5 Å². The Labute approximate surface area is 207 Å². The van der Waals surface area contributed by atoms with Gasteiger partial charge in [0.2, 0.25) is 0 Å². The van der Waals surface area contributed by atoms with Gasteiger partial charge in [-0.25, -0.2) is 0 Å². The number of likely N-dealkylation sites (N-methyl/N-ethyl adjacent to an activating group) is 1. The van der Waals surface area contributed by atoms with Crippen LogP contribution in [0.1, 0.15) is 47.3 Å². The molecule has 0 heterocycles. The van der Waals surface area contributed by atoms with Crippen molar-refractivity contribution in [3.8, 4) is 11.1 Å². The van der Waals surface area contributed by atoms with E-state index in [9.17, 15) is 19.5 Å². The zero-order valence-corrected chi connectivity index (χ0v) is 21.0. The van der Waals surface area contributed by atoms with E-state index in [1.165, 1.54) is 18.7 Å². The molecule has 1 unspecified atom stereocenters. The van der Waals surface area contributed by atoms with E-state index in [-0.39, 0.29) is 18.1 Å². The Morgan fingerprint density at radius 1 is 0.857 bits per heavy atom. The first-order chi connectivity index (χ1) is 16.5. The number of hydrogen-bond donors (Lipinski definition) is 1. The summed E-state index contributed by atoms with van der Waals surface area (Å²) in [5.74, 6) is -1.57. The van der Waals surface area contributed by atoms with Gasteiger partial charge < -0.3 is 10.0 Å². The molecule has 0 aliphatic rings. The average molecular weight is 472 g/mol. The van der Waals surface area contributed by atoms with Crippen LogP contribution in [0.3, 0.4) is 0 Å². The highest BCUT2D eigenvalue weighted by Crippen LogP contribution is 2.26. The first-order valence-corrected chi connectivity index (χ1v) is 11.7. The van der Waals surface area contributed by atoms with E-state index in [0.29, 0.717) is 12.0 Å². The molecule has 182 valence electrons. The van der Waals surface area contributed by atoms with Crippen molar-refractivity contribution in [1.29, 1.82) is 0 Å². The van der Waals surface area contributed by atoms with Crippen molar-refractivity contribution in [3.63, 3.8) is 0 Å². The first-order valence-electron chi connectivity index (χ1n) is 11.7. The molecule has 1 amide bonds. The summed E-state index contributed by atoms with van der Waals surface area (Å²) < 4.78 is 0. The molecule has 1 N–H and O–H groups in total. The Hall–Kier alpha value is -3.73. The molecular weight excluding hydrogens is 438 g/mol. The smallest absolute Gasteiger partial charge is 0.309 e. The number of carbonyl (C=O) groups excluding carboxylic acids is 2. The fourth-order valence-electron chi connectivity index (χ4n) is 4.23. The van der Waals surface area contributed by atoms with Gasteiger partial charge in [0.15, 0.2) is 5.78 Å². The quantitative estimate of drug-likeness (QED) is 0.433. The molecule has 35 heavy (non-hydrogen) atoms. The van der Waals surface area contributed by atoms with Gasteiger partial charge >= 0.3 is 5.97 Å². The number of aliphatic carboxylic acids is 1. The van der Waals surface area contributed by atoms with Gasteiger partial charge in [0.25, 0.3) is 5.91 Å². The second-order valence-corrected chi connectivity index (χ2v) is 9.91. The number of nitrogens with zero attached hydrogens (tertiary/aromatic N) is 1. The van der Waals surface area contributed by atoms with Crippen LogP contribution in [0.4, 0.5) is 0 Å². The molecule has 0 radical (unpaired) electrons. The van der Waals surface area contributed by atoms with E-state index in [1.807, 2.05) is 86.6 Å².